The van der Waals surface area contributed by atoms with Crippen LogP contribution < -0.4 is 10.5 Å². The number of nitrogens with one attached hydrogen (secondary N) is 1. The van der Waals surface area contributed by atoms with Gasteiger partial charge in [-0.1, -0.05) is 0 Å². The molecule has 0 unspecified atom stereocenters. The molecule has 8 heteroatoms. The number of carbonyl (C=O) groups is 1. The Labute approximate surface area is 138 Å². The van der Waals surface area contributed by atoms with E-state index in [0.29, 0.717) is 26.2 Å². The number of fused-ring (bicyclic) bond motifs is 1. The second-order valence-electron chi connectivity index (χ2n) is 6.11. The fraction of sp³-hybridized carbons (Fsp3) is 0.438. The van der Waals surface area contributed by atoms with Crippen molar-refractivity contribution in [3.8, 4) is 0 Å². The lowest BCUT2D eigenvalue weighted by molar-refractivity contribution is 0.0739. The van der Waals surface area contributed by atoms with E-state index >= 15 is 0 Å². The van der Waals surface area contributed by atoms with Gasteiger partial charge in [0, 0.05) is 32.2 Å². The second-order valence-corrected chi connectivity index (χ2v) is 6.11. The number of nitrogens with zero attached hydrogens (tertiary/aromatic N) is 5. The number of amides is 1. The van der Waals surface area contributed by atoms with E-state index in [1.54, 1.807) is 4.90 Å². The smallest absolute Gasteiger partial charge is 0.274 e. The maximum Gasteiger partial charge on any atom is 0.274 e. The highest BCUT2D eigenvalue weighted by atomic mass is 16.2. The maximum atomic E-state index is 12.4. The van der Waals surface area contributed by atoms with Gasteiger partial charge in [-0.25, -0.2) is 5.10 Å². The van der Waals surface area contributed by atoms with Gasteiger partial charge >= 0.3 is 0 Å². The van der Waals surface area contributed by atoms with E-state index in [9.17, 15) is 9.59 Å². The molecule has 3 heterocycles. The zero-order valence-corrected chi connectivity index (χ0v) is 13.2. The van der Waals surface area contributed by atoms with E-state index in [1.165, 1.54) is 17.7 Å². The van der Waals surface area contributed by atoms with Gasteiger partial charge in [-0.15, -0.1) is 5.10 Å². The molecule has 1 aliphatic carbocycles. The van der Waals surface area contributed by atoms with Crippen LogP contribution in [0.1, 0.15) is 28.2 Å². The van der Waals surface area contributed by atoms with Gasteiger partial charge in [0.1, 0.15) is 5.69 Å². The average Bonchev–Trinajstić information content (AvgIpc) is 3.09. The standard InChI is InChI=1S/C16H18N6O2/c23-15-5-4-13(18-20-15)16(24)22-8-6-21(7-9-22)14-10-11-2-1-3-12(11)17-19-14/h4-5,10H,1-3,6-9H2,(H,20,23). The van der Waals surface area contributed by atoms with E-state index < -0.39 is 0 Å². The number of anilines is 1. The van der Waals surface area contributed by atoms with Gasteiger partial charge in [0.15, 0.2) is 5.82 Å². The van der Waals surface area contributed by atoms with Crippen molar-refractivity contribution in [2.45, 2.75) is 19.3 Å². The van der Waals surface area contributed by atoms with E-state index in [2.05, 4.69) is 31.4 Å². The van der Waals surface area contributed by atoms with Crippen LogP contribution in [0.2, 0.25) is 0 Å². The normalized spacial score (nSPS) is 17.0. The van der Waals surface area contributed by atoms with Gasteiger partial charge in [0.05, 0.1) is 5.69 Å². The van der Waals surface area contributed by atoms with E-state index in [0.717, 1.165) is 30.8 Å². The first kappa shape index (κ1) is 14.8. The van der Waals surface area contributed by atoms with Gasteiger partial charge in [-0.05, 0) is 37.0 Å². The highest BCUT2D eigenvalue weighted by molar-refractivity contribution is 5.92. The van der Waals surface area contributed by atoms with Crippen LogP contribution in [0.3, 0.4) is 0 Å². The quantitative estimate of drug-likeness (QED) is 0.835. The van der Waals surface area contributed by atoms with Crippen LogP contribution in [0.4, 0.5) is 5.82 Å². The Kier molecular flexibility index (Phi) is 3.72. The van der Waals surface area contributed by atoms with Crippen LogP contribution in [0, 0.1) is 0 Å². The van der Waals surface area contributed by atoms with Crippen LogP contribution in [0.25, 0.3) is 0 Å². The van der Waals surface area contributed by atoms with Crippen LogP contribution in [0.15, 0.2) is 23.0 Å². The molecule has 4 rings (SSSR count). The van der Waals surface area contributed by atoms with Gasteiger partial charge < -0.3 is 9.80 Å². The Morgan fingerprint density at radius 2 is 1.92 bits per heavy atom. The predicted octanol–water partition coefficient (Wildman–Crippen LogP) is 0.0110. The van der Waals surface area contributed by atoms with Crippen molar-refractivity contribution < 1.29 is 4.79 Å². The topological polar surface area (TPSA) is 95.1 Å². The molecule has 0 radical (unpaired) electrons. The maximum absolute atomic E-state index is 12.4. The predicted molar refractivity (Wildman–Crippen MR) is 87.0 cm³/mol. The van der Waals surface area contributed by atoms with Crippen LogP contribution in [-0.4, -0.2) is 57.4 Å². The summed E-state index contributed by atoms with van der Waals surface area (Å²) in [4.78, 5) is 27.4. The second kappa shape index (κ2) is 6.03. The SMILES string of the molecule is O=C(c1ccc(=O)[nH]n1)N1CCN(c2cc3c(nn2)CCC3)CC1. The molecule has 1 N–H and O–H groups in total. The summed E-state index contributed by atoms with van der Waals surface area (Å²) in [5.41, 5.74) is 2.37. The van der Waals surface area contributed by atoms with Gasteiger partial charge in [0.25, 0.3) is 11.5 Å². The number of aryl methyl sites for hydroxylation is 2. The minimum Gasteiger partial charge on any atom is -0.352 e. The molecule has 1 saturated heterocycles. The molecular weight excluding hydrogens is 308 g/mol. The van der Waals surface area contributed by atoms with Crippen molar-refractivity contribution in [3.63, 3.8) is 0 Å². The Balaban J connectivity index is 1.42. The van der Waals surface area contributed by atoms with Crippen molar-refractivity contribution in [3.05, 3.63) is 45.5 Å². The first-order chi connectivity index (χ1) is 11.7. The van der Waals surface area contributed by atoms with Gasteiger partial charge in [0.2, 0.25) is 0 Å². The minimum atomic E-state index is -0.313. The third-order valence-corrected chi connectivity index (χ3v) is 4.60. The number of rotatable bonds is 2. The monoisotopic (exact) mass is 326 g/mol. The van der Waals surface area contributed by atoms with E-state index in [-0.39, 0.29) is 17.2 Å². The molecule has 0 atom stereocenters. The molecule has 8 nitrogen and oxygen atoms in total. The van der Waals surface area contributed by atoms with Crippen LogP contribution in [-0.2, 0) is 12.8 Å². The lowest BCUT2D eigenvalue weighted by atomic mass is 10.2. The number of hydrogen-bond acceptors (Lipinski definition) is 6. The molecule has 1 fully saturated rings. The van der Waals surface area contributed by atoms with Crippen molar-refractivity contribution in [1.29, 1.82) is 0 Å². The summed E-state index contributed by atoms with van der Waals surface area (Å²) >= 11 is 0. The average molecular weight is 326 g/mol. The summed E-state index contributed by atoms with van der Waals surface area (Å²) in [6, 6.07) is 4.91. The third kappa shape index (κ3) is 2.75. The van der Waals surface area contributed by atoms with E-state index in [1.807, 2.05) is 0 Å². The summed E-state index contributed by atoms with van der Waals surface area (Å²) in [6.07, 6.45) is 3.26. The van der Waals surface area contributed by atoms with Crippen molar-refractivity contribution >= 4 is 11.7 Å². The van der Waals surface area contributed by atoms with Crippen LogP contribution in [0.5, 0.6) is 0 Å². The molecule has 1 amide bonds. The van der Waals surface area contributed by atoms with Gasteiger partial charge in [-0.2, -0.15) is 10.2 Å². The molecule has 2 aromatic rings. The van der Waals surface area contributed by atoms with E-state index in [4.69, 9.17) is 0 Å². The first-order valence-electron chi connectivity index (χ1n) is 8.16. The molecule has 1 aliphatic heterocycles. The molecular formula is C16H18N6O2. The molecule has 0 bridgehead atoms. The zero-order chi connectivity index (χ0) is 16.5. The third-order valence-electron chi connectivity index (χ3n) is 4.60. The molecule has 0 spiro atoms. The highest BCUT2D eigenvalue weighted by Gasteiger charge is 2.25. The van der Waals surface area contributed by atoms with Crippen molar-refractivity contribution in [2.75, 3.05) is 31.1 Å². The Morgan fingerprint density at radius 3 is 2.67 bits per heavy atom. The molecule has 2 aliphatic rings. The first-order valence-corrected chi connectivity index (χ1v) is 8.16. The number of hydrogen-bond donors (Lipinski definition) is 1. The summed E-state index contributed by atoms with van der Waals surface area (Å²) in [5, 5.41) is 14.8. The molecule has 2 aromatic heterocycles. The molecule has 124 valence electrons. The number of aromatic nitrogens is 4. The highest BCUT2D eigenvalue weighted by Crippen LogP contribution is 2.23. The Hall–Kier alpha value is -2.77. The summed E-state index contributed by atoms with van der Waals surface area (Å²) < 4.78 is 0. The molecule has 0 saturated carbocycles. The fourth-order valence-corrected chi connectivity index (χ4v) is 3.24. The summed E-state index contributed by atoms with van der Waals surface area (Å²) in [7, 11) is 0. The fourth-order valence-electron chi connectivity index (χ4n) is 3.24. The minimum absolute atomic E-state index is 0.161. The van der Waals surface area contributed by atoms with Gasteiger partial charge in [-0.3, -0.25) is 9.59 Å². The Morgan fingerprint density at radius 1 is 1.08 bits per heavy atom. The lowest BCUT2D eigenvalue weighted by Crippen LogP contribution is -2.49. The number of piperazine rings is 1. The van der Waals surface area contributed by atoms with Crippen LogP contribution >= 0.6 is 0 Å². The number of H-pyrrole nitrogens is 1. The Bertz CT molecular complexity index is 805. The number of carbonyl (C=O) groups excluding carboxylic acids is 1. The van der Waals surface area contributed by atoms with Crippen molar-refractivity contribution in [2.24, 2.45) is 0 Å². The zero-order valence-electron chi connectivity index (χ0n) is 13.2. The lowest BCUT2D eigenvalue weighted by Gasteiger charge is -2.35. The van der Waals surface area contributed by atoms with Crippen molar-refractivity contribution in [1.82, 2.24) is 25.3 Å². The summed E-state index contributed by atoms with van der Waals surface area (Å²) in [6.45, 7) is 2.61. The molecule has 0 aromatic carbocycles. The number of aromatic amines is 1. The summed E-state index contributed by atoms with van der Waals surface area (Å²) in [5.74, 6) is 0.732. The molecule has 24 heavy (non-hydrogen) atoms. The largest absolute Gasteiger partial charge is 0.352 e.